The predicted molar refractivity (Wildman–Crippen MR) is 96.6 cm³/mol. The predicted octanol–water partition coefficient (Wildman–Crippen LogP) is 1.51. The normalized spacial score (nSPS) is 45.9. The third-order valence-electron chi connectivity index (χ3n) is 8.15. The van der Waals surface area contributed by atoms with Crippen LogP contribution in [0.3, 0.4) is 0 Å². The van der Waals surface area contributed by atoms with Gasteiger partial charge in [-0.05, 0) is 24.0 Å². The van der Waals surface area contributed by atoms with E-state index in [2.05, 4.69) is 6.58 Å². The molecule has 0 radical (unpaired) electrons. The lowest BCUT2D eigenvalue weighted by molar-refractivity contribution is -0.169. The summed E-state index contributed by atoms with van der Waals surface area (Å²) in [6, 6.07) is 7.76. The van der Waals surface area contributed by atoms with Gasteiger partial charge >= 0.3 is 0 Å². The van der Waals surface area contributed by atoms with Crippen molar-refractivity contribution in [3.8, 4) is 0 Å². The average molecular weight is 366 g/mol. The van der Waals surface area contributed by atoms with Crippen LogP contribution in [0.4, 0.5) is 5.69 Å². The molecule has 7 atom stereocenters. The van der Waals surface area contributed by atoms with Crippen LogP contribution in [0.15, 0.2) is 36.9 Å². The molecule has 1 spiro atoms. The molecule has 4 fully saturated rings. The van der Waals surface area contributed by atoms with Crippen molar-refractivity contribution < 1.29 is 19.2 Å². The summed E-state index contributed by atoms with van der Waals surface area (Å²) in [6.45, 7) is 4.68. The number of ether oxygens (including phenoxy) is 1. The number of carbonyl (C=O) groups is 2. The van der Waals surface area contributed by atoms with Gasteiger partial charge in [0, 0.05) is 24.9 Å². The Labute approximate surface area is 157 Å². The molecule has 140 valence electrons. The lowest BCUT2D eigenvalue weighted by atomic mass is 9.51. The number of anilines is 1. The number of benzene rings is 1. The molecule has 2 saturated carbocycles. The molecular formula is C21H22N2O4. The Morgan fingerprint density at radius 3 is 2.81 bits per heavy atom. The summed E-state index contributed by atoms with van der Waals surface area (Å²) in [5, 5.41) is 1.39. The van der Waals surface area contributed by atoms with Crippen LogP contribution >= 0.6 is 0 Å². The van der Waals surface area contributed by atoms with Gasteiger partial charge in [-0.2, -0.15) is 5.06 Å². The number of para-hydroxylation sites is 1. The van der Waals surface area contributed by atoms with E-state index in [0.29, 0.717) is 13.0 Å². The number of carbonyl (C=O) groups excluding carboxylic acids is 2. The molecule has 27 heavy (non-hydrogen) atoms. The average Bonchev–Trinajstić information content (AvgIpc) is 3.12. The lowest BCUT2D eigenvalue weighted by Crippen LogP contribution is -2.63. The first-order valence-electron chi connectivity index (χ1n) is 9.55. The minimum Gasteiger partial charge on any atom is -0.376 e. The Balaban J connectivity index is 1.70. The molecule has 2 aliphatic carbocycles. The third-order valence-corrected chi connectivity index (χ3v) is 8.15. The van der Waals surface area contributed by atoms with Gasteiger partial charge in [0.15, 0.2) is 0 Å². The zero-order valence-electron chi connectivity index (χ0n) is 15.4. The third kappa shape index (κ3) is 1.32. The Kier molecular flexibility index (Phi) is 2.71. The van der Waals surface area contributed by atoms with E-state index in [0.717, 1.165) is 11.3 Å². The molecule has 2 saturated heterocycles. The molecule has 1 aromatic rings. The lowest BCUT2D eigenvalue weighted by Gasteiger charge is -2.53. The van der Waals surface area contributed by atoms with Gasteiger partial charge in [-0.25, -0.2) is 0 Å². The van der Waals surface area contributed by atoms with Crippen LogP contribution < -0.4 is 5.06 Å². The van der Waals surface area contributed by atoms with Crippen LogP contribution in [0.25, 0.3) is 0 Å². The number of amides is 2. The summed E-state index contributed by atoms with van der Waals surface area (Å²) in [6.07, 6.45) is 2.31. The van der Waals surface area contributed by atoms with Gasteiger partial charge in [0.2, 0.25) is 5.91 Å². The zero-order valence-corrected chi connectivity index (χ0v) is 15.4. The zero-order chi connectivity index (χ0) is 18.7. The molecular weight excluding hydrogens is 344 g/mol. The maximum absolute atomic E-state index is 13.9. The number of piperidine rings is 1. The van der Waals surface area contributed by atoms with Crippen LogP contribution in [0.5, 0.6) is 0 Å². The summed E-state index contributed by atoms with van der Waals surface area (Å²) in [5.74, 6) is 0.277. The van der Waals surface area contributed by atoms with Crippen molar-refractivity contribution in [1.82, 2.24) is 4.90 Å². The SMILES string of the molecule is C=C[C@]12C(=O)N(C)[C@@H]3[C@@H]4CO[C@H](C[C@@H]41)[C@]1(C(=O)N(OC)c4ccccc41)[C@@H]32. The van der Waals surface area contributed by atoms with Gasteiger partial charge < -0.3 is 9.64 Å². The quantitative estimate of drug-likeness (QED) is 0.745. The van der Waals surface area contributed by atoms with Gasteiger partial charge in [0.1, 0.15) is 5.41 Å². The standard InChI is InChI=1S/C21H22N2O4/c1-4-20-13-9-15-21(12-7-5-6-8-14(12)23(26-3)19(21)25)17(20)16(11(13)10-27-15)22(2)18(20)24/h4-8,11,13,15-17H,1,9-10H2,2-3H3/t11-,13+,15-,16-,17+,20+,21+/m1/s1. The molecule has 0 N–H and O–H groups in total. The van der Waals surface area contributed by atoms with Crippen LogP contribution in [0.2, 0.25) is 0 Å². The summed E-state index contributed by atoms with van der Waals surface area (Å²) in [4.78, 5) is 34.6. The summed E-state index contributed by atoms with van der Waals surface area (Å²) < 4.78 is 6.31. The number of rotatable bonds is 2. The van der Waals surface area contributed by atoms with Crippen molar-refractivity contribution in [2.24, 2.45) is 23.2 Å². The highest BCUT2D eigenvalue weighted by Gasteiger charge is 2.83. The minimum atomic E-state index is -0.909. The molecule has 6 rings (SSSR count). The largest absolute Gasteiger partial charge is 0.376 e. The van der Waals surface area contributed by atoms with E-state index in [1.807, 2.05) is 42.3 Å². The molecule has 2 amide bonds. The molecule has 3 heterocycles. The van der Waals surface area contributed by atoms with Crippen LogP contribution in [-0.4, -0.2) is 49.6 Å². The number of fused-ring (bicyclic) bond motifs is 5. The van der Waals surface area contributed by atoms with Gasteiger partial charge in [-0.15, -0.1) is 6.58 Å². The number of hydrogen-bond donors (Lipinski definition) is 0. The first-order chi connectivity index (χ1) is 13.0. The number of hydrogen-bond acceptors (Lipinski definition) is 4. The second-order valence-electron chi connectivity index (χ2n) is 8.52. The number of nitrogens with zero attached hydrogens (tertiary/aromatic N) is 2. The molecule has 3 aliphatic heterocycles. The Hall–Kier alpha value is -2.18. The monoisotopic (exact) mass is 366 g/mol. The fourth-order valence-corrected chi connectivity index (χ4v) is 7.42. The number of likely N-dealkylation sites (tertiary alicyclic amines) is 1. The smallest absolute Gasteiger partial charge is 0.264 e. The maximum atomic E-state index is 13.9. The van der Waals surface area contributed by atoms with E-state index in [1.54, 1.807) is 0 Å². The highest BCUT2D eigenvalue weighted by atomic mass is 16.7. The Bertz CT molecular complexity index is 915. The topological polar surface area (TPSA) is 59.1 Å². The molecule has 5 aliphatic rings. The van der Waals surface area contributed by atoms with E-state index in [1.165, 1.54) is 12.2 Å². The van der Waals surface area contributed by atoms with Gasteiger partial charge in [0.05, 0.1) is 30.9 Å². The van der Waals surface area contributed by atoms with Gasteiger partial charge in [-0.3, -0.25) is 14.4 Å². The first kappa shape index (κ1) is 15.8. The van der Waals surface area contributed by atoms with Crippen molar-refractivity contribution in [2.75, 3.05) is 25.8 Å². The van der Waals surface area contributed by atoms with E-state index in [-0.39, 0.29) is 41.7 Å². The summed E-state index contributed by atoms with van der Waals surface area (Å²) in [5.41, 5.74) is 0.0770. The molecule has 6 nitrogen and oxygen atoms in total. The minimum absolute atomic E-state index is 0.0122. The molecule has 5 bridgehead atoms. The molecule has 0 unspecified atom stereocenters. The fourth-order valence-electron chi connectivity index (χ4n) is 7.42. The van der Waals surface area contributed by atoms with Gasteiger partial charge in [0.25, 0.3) is 5.91 Å². The highest BCUT2D eigenvalue weighted by Crippen LogP contribution is 2.74. The van der Waals surface area contributed by atoms with Crippen LogP contribution in [0, 0.1) is 23.2 Å². The van der Waals surface area contributed by atoms with Crippen molar-refractivity contribution in [1.29, 1.82) is 0 Å². The second-order valence-corrected chi connectivity index (χ2v) is 8.52. The van der Waals surface area contributed by atoms with Crippen molar-refractivity contribution >= 4 is 17.5 Å². The summed E-state index contributed by atoms with van der Waals surface area (Å²) in [7, 11) is 3.38. The van der Waals surface area contributed by atoms with Crippen molar-refractivity contribution in [2.45, 2.75) is 24.0 Å². The number of hydroxylamine groups is 1. The summed E-state index contributed by atoms with van der Waals surface area (Å²) >= 11 is 0. The van der Waals surface area contributed by atoms with E-state index >= 15 is 0 Å². The molecule has 0 aromatic heterocycles. The highest BCUT2D eigenvalue weighted by molar-refractivity contribution is 6.09. The van der Waals surface area contributed by atoms with Gasteiger partial charge in [-0.1, -0.05) is 24.3 Å². The van der Waals surface area contributed by atoms with Crippen LogP contribution in [-0.2, 0) is 24.6 Å². The van der Waals surface area contributed by atoms with E-state index < -0.39 is 10.8 Å². The maximum Gasteiger partial charge on any atom is 0.264 e. The Morgan fingerprint density at radius 1 is 1.30 bits per heavy atom. The van der Waals surface area contributed by atoms with E-state index in [4.69, 9.17) is 9.57 Å². The molecule has 6 heteroatoms. The molecule has 1 aromatic carbocycles. The Morgan fingerprint density at radius 2 is 2.07 bits per heavy atom. The van der Waals surface area contributed by atoms with Crippen LogP contribution in [0.1, 0.15) is 12.0 Å². The van der Waals surface area contributed by atoms with E-state index in [9.17, 15) is 9.59 Å². The van der Waals surface area contributed by atoms with Crippen molar-refractivity contribution in [3.05, 3.63) is 42.5 Å². The van der Waals surface area contributed by atoms with Crippen molar-refractivity contribution in [3.63, 3.8) is 0 Å². The fraction of sp³-hybridized carbons (Fsp3) is 0.524. The first-order valence-corrected chi connectivity index (χ1v) is 9.55. The second kappa shape index (κ2) is 4.62.